The molecule has 0 radical (unpaired) electrons. The third-order valence-corrected chi connectivity index (χ3v) is 4.71. The standard InChI is InChI=1S/C20H22ClF3N2O2/c1-4-26(2)13-25-17-11-18(28-3)14(10-16(17)21)12-19(27,20(22,23)24)15-8-6-5-7-9-15/h5-11,13,27H,4,12H2,1-3H3. The molecule has 8 heteroatoms. The lowest BCUT2D eigenvalue weighted by Crippen LogP contribution is -2.44. The van der Waals surface area contributed by atoms with Gasteiger partial charge >= 0.3 is 6.18 Å². The number of alkyl halides is 3. The van der Waals surface area contributed by atoms with Crippen LogP contribution in [0.25, 0.3) is 0 Å². The van der Waals surface area contributed by atoms with Crippen molar-refractivity contribution in [1.29, 1.82) is 0 Å². The van der Waals surface area contributed by atoms with Crippen LogP contribution in [0, 0.1) is 0 Å². The van der Waals surface area contributed by atoms with Crippen LogP contribution in [0.3, 0.4) is 0 Å². The van der Waals surface area contributed by atoms with Gasteiger partial charge in [0.15, 0.2) is 5.60 Å². The van der Waals surface area contributed by atoms with E-state index in [4.69, 9.17) is 16.3 Å². The van der Waals surface area contributed by atoms with E-state index >= 15 is 0 Å². The van der Waals surface area contributed by atoms with Crippen LogP contribution in [0.1, 0.15) is 18.1 Å². The Morgan fingerprint density at radius 2 is 1.86 bits per heavy atom. The summed E-state index contributed by atoms with van der Waals surface area (Å²) in [5, 5.41) is 10.8. The maximum atomic E-state index is 13.8. The first-order chi connectivity index (χ1) is 13.1. The van der Waals surface area contributed by atoms with Crippen LogP contribution in [0.15, 0.2) is 47.5 Å². The van der Waals surface area contributed by atoms with Crippen molar-refractivity contribution in [2.75, 3.05) is 20.7 Å². The highest BCUT2D eigenvalue weighted by molar-refractivity contribution is 6.33. The Kier molecular flexibility index (Phi) is 6.96. The third kappa shape index (κ3) is 4.77. The molecule has 4 nitrogen and oxygen atoms in total. The number of benzene rings is 2. The molecule has 28 heavy (non-hydrogen) atoms. The monoisotopic (exact) mass is 414 g/mol. The molecule has 0 bridgehead atoms. The van der Waals surface area contributed by atoms with E-state index in [-0.39, 0.29) is 21.9 Å². The highest BCUT2D eigenvalue weighted by Crippen LogP contribution is 2.44. The molecule has 0 saturated carbocycles. The molecule has 0 saturated heterocycles. The number of hydrogen-bond donors (Lipinski definition) is 1. The zero-order chi connectivity index (χ0) is 20.9. The van der Waals surface area contributed by atoms with E-state index in [1.807, 2.05) is 18.9 Å². The lowest BCUT2D eigenvalue weighted by Gasteiger charge is -2.31. The maximum absolute atomic E-state index is 13.8. The molecule has 1 N–H and O–H groups in total. The number of aliphatic hydroxyl groups is 1. The van der Waals surface area contributed by atoms with Crippen molar-refractivity contribution in [3.05, 3.63) is 58.6 Å². The predicted molar refractivity (Wildman–Crippen MR) is 105 cm³/mol. The smallest absolute Gasteiger partial charge is 0.421 e. The lowest BCUT2D eigenvalue weighted by atomic mass is 9.86. The zero-order valence-electron chi connectivity index (χ0n) is 15.8. The van der Waals surface area contributed by atoms with Crippen LogP contribution < -0.4 is 4.74 Å². The van der Waals surface area contributed by atoms with E-state index in [1.165, 1.54) is 43.5 Å². The summed E-state index contributed by atoms with van der Waals surface area (Å²) >= 11 is 6.22. The van der Waals surface area contributed by atoms with Gasteiger partial charge in [-0.05, 0) is 24.1 Å². The first-order valence-electron chi connectivity index (χ1n) is 8.57. The molecule has 1 unspecified atom stereocenters. The Bertz CT molecular complexity index is 828. The van der Waals surface area contributed by atoms with Crippen LogP contribution >= 0.6 is 11.6 Å². The van der Waals surface area contributed by atoms with Gasteiger partial charge in [0.1, 0.15) is 5.75 Å². The number of rotatable bonds is 7. The van der Waals surface area contributed by atoms with Crippen molar-refractivity contribution in [1.82, 2.24) is 4.90 Å². The second-order valence-corrected chi connectivity index (χ2v) is 6.74. The summed E-state index contributed by atoms with van der Waals surface area (Å²) in [6, 6.07) is 9.74. The van der Waals surface area contributed by atoms with E-state index < -0.39 is 18.2 Å². The van der Waals surface area contributed by atoms with Crippen molar-refractivity contribution in [2.45, 2.75) is 25.1 Å². The summed E-state index contributed by atoms with van der Waals surface area (Å²) in [5.74, 6) is 0.161. The molecule has 0 amide bonds. The molecular weight excluding hydrogens is 393 g/mol. The van der Waals surface area contributed by atoms with Gasteiger partial charge in [-0.25, -0.2) is 4.99 Å². The molecule has 0 fully saturated rings. The van der Waals surface area contributed by atoms with E-state index in [1.54, 1.807) is 12.4 Å². The third-order valence-electron chi connectivity index (χ3n) is 4.41. The number of halogens is 4. The Labute approximate surface area is 167 Å². The number of aliphatic imine (C=N–C) groups is 1. The summed E-state index contributed by atoms with van der Waals surface area (Å²) in [4.78, 5) is 6.05. The fourth-order valence-corrected chi connectivity index (χ4v) is 2.84. The Morgan fingerprint density at radius 3 is 2.39 bits per heavy atom. The van der Waals surface area contributed by atoms with Crippen molar-refractivity contribution in [3.63, 3.8) is 0 Å². The highest BCUT2D eigenvalue weighted by atomic mass is 35.5. The average molecular weight is 415 g/mol. The summed E-state index contributed by atoms with van der Waals surface area (Å²) in [5.41, 5.74) is -2.86. The van der Waals surface area contributed by atoms with Crippen LogP contribution in [-0.4, -0.2) is 43.2 Å². The van der Waals surface area contributed by atoms with Gasteiger partial charge in [-0.2, -0.15) is 13.2 Å². The quantitative estimate of drug-likeness (QED) is 0.515. The van der Waals surface area contributed by atoms with Gasteiger partial charge in [-0.3, -0.25) is 0 Å². The number of nitrogens with zero attached hydrogens (tertiary/aromatic N) is 2. The zero-order valence-corrected chi connectivity index (χ0v) is 16.6. The normalized spacial score (nSPS) is 14.1. The molecule has 0 aliphatic rings. The summed E-state index contributed by atoms with van der Waals surface area (Å²) in [6.07, 6.45) is -4.08. The van der Waals surface area contributed by atoms with E-state index in [0.29, 0.717) is 5.69 Å². The SMILES string of the molecule is CCN(C)C=Nc1cc(OC)c(CC(O)(c2ccccc2)C(F)(F)F)cc1Cl. The van der Waals surface area contributed by atoms with E-state index in [9.17, 15) is 18.3 Å². The van der Waals surface area contributed by atoms with Crippen molar-refractivity contribution >= 4 is 23.6 Å². The van der Waals surface area contributed by atoms with Gasteiger partial charge in [0.25, 0.3) is 0 Å². The highest BCUT2D eigenvalue weighted by Gasteiger charge is 2.55. The van der Waals surface area contributed by atoms with Gasteiger partial charge in [0.2, 0.25) is 0 Å². The fraction of sp³-hybridized carbons (Fsp3) is 0.350. The molecule has 0 aliphatic heterocycles. The van der Waals surface area contributed by atoms with E-state index in [2.05, 4.69) is 4.99 Å². The molecule has 0 spiro atoms. The summed E-state index contributed by atoms with van der Waals surface area (Å²) in [7, 11) is 3.17. The van der Waals surface area contributed by atoms with Crippen LogP contribution in [0.5, 0.6) is 5.75 Å². The van der Waals surface area contributed by atoms with Crippen molar-refractivity contribution in [2.24, 2.45) is 4.99 Å². The Hall–Kier alpha value is -2.25. The lowest BCUT2D eigenvalue weighted by molar-refractivity contribution is -0.266. The van der Waals surface area contributed by atoms with Crippen LogP contribution in [0.4, 0.5) is 18.9 Å². The Balaban J connectivity index is 2.48. The van der Waals surface area contributed by atoms with Crippen LogP contribution in [0.2, 0.25) is 5.02 Å². The minimum absolute atomic E-state index is 0.124. The van der Waals surface area contributed by atoms with Gasteiger partial charge in [-0.1, -0.05) is 41.9 Å². The number of hydrogen-bond acceptors (Lipinski definition) is 3. The fourth-order valence-electron chi connectivity index (χ4n) is 2.61. The molecule has 152 valence electrons. The van der Waals surface area contributed by atoms with Gasteiger partial charge in [0.05, 0.1) is 24.2 Å². The van der Waals surface area contributed by atoms with Crippen LogP contribution in [-0.2, 0) is 12.0 Å². The second-order valence-electron chi connectivity index (χ2n) is 6.33. The molecule has 2 rings (SSSR count). The maximum Gasteiger partial charge on any atom is 0.421 e. The molecule has 0 heterocycles. The largest absolute Gasteiger partial charge is 0.496 e. The molecule has 2 aromatic carbocycles. The van der Waals surface area contributed by atoms with Gasteiger partial charge in [-0.15, -0.1) is 0 Å². The Morgan fingerprint density at radius 1 is 1.21 bits per heavy atom. The summed E-state index contributed by atoms with van der Waals surface area (Å²) < 4.78 is 46.6. The molecule has 0 aromatic heterocycles. The second kappa shape index (κ2) is 8.84. The first-order valence-corrected chi connectivity index (χ1v) is 8.95. The minimum atomic E-state index is -4.90. The van der Waals surface area contributed by atoms with Crippen molar-refractivity contribution in [3.8, 4) is 5.75 Å². The van der Waals surface area contributed by atoms with Crippen molar-refractivity contribution < 1.29 is 23.0 Å². The predicted octanol–water partition coefficient (Wildman–Crippen LogP) is 4.95. The van der Waals surface area contributed by atoms with Gasteiger partial charge in [0, 0.05) is 26.1 Å². The average Bonchev–Trinajstić information content (AvgIpc) is 2.66. The first kappa shape index (κ1) is 22.0. The molecule has 1 atom stereocenters. The molecular formula is C20H22ClF3N2O2. The minimum Gasteiger partial charge on any atom is -0.496 e. The van der Waals surface area contributed by atoms with E-state index in [0.717, 1.165) is 6.54 Å². The number of methoxy groups -OCH3 is 1. The molecule has 0 aliphatic carbocycles. The number of ether oxygens (including phenoxy) is 1. The topological polar surface area (TPSA) is 45.1 Å². The van der Waals surface area contributed by atoms with Gasteiger partial charge < -0.3 is 14.7 Å². The summed E-state index contributed by atoms with van der Waals surface area (Å²) in [6.45, 7) is 2.67. The molecule has 2 aromatic rings.